The number of benzene rings is 1. The van der Waals surface area contributed by atoms with Gasteiger partial charge in [0.2, 0.25) is 10.0 Å². The number of amides is 1. The number of sulfonamides is 1. The number of anilines is 1. The molecule has 0 bridgehead atoms. The van der Waals surface area contributed by atoms with Crippen LogP contribution in [0.3, 0.4) is 0 Å². The number of nitrogens with two attached hydrogens (primary N) is 1. The second kappa shape index (κ2) is 6.99. The van der Waals surface area contributed by atoms with E-state index in [4.69, 9.17) is 9.88 Å². The van der Waals surface area contributed by atoms with Crippen molar-refractivity contribution in [2.45, 2.75) is 4.90 Å². The van der Waals surface area contributed by atoms with Gasteiger partial charge in [-0.1, -0.05) is 0 Å². The van der Waals surface area contributed by atoms with Crippen LogP contribution in [0.25, 0.3) is 0 Å². The summed E-state index contributed by atoms with van der Waals surface area (Å²) in [5, 5.41) is 7.43. The monoisotopic (exact) mass is 335 g/mol. The Balaban J connectivity index is 1.89. The average molecular weight is 335 g/mol. The third kappa shape index (κ3) is 4.87. The van der Waals surface area contributed by atoms with Gasteiger partial charge in [0.1, 0.15) is 0 Å². The molecule has 0 spiro atoms. The van der Waals surface area contributed by atoms with Gasteiger partial charge in [0, 0.05) is 18.1 Å². The fourth-order valence-corrected chi connectivity index (χ4v) is 2.14. The lowest BCUT2D eigenvalue weighted by atomic mass is 10.3. The Hall–Kier alpha value is -2.78. The summed E-state index contributed by atoms with van der Waals surface area (Å²) >= 11 is 0. The minimum Gasteiger partial charge on any atom is -0.452 e. The number of esters is 1. The van der Waals surface area contributed by atoms with Crippen molar-refractivity contribution in [1.82, 2.24) is 4.98 Å². The highest BCUT2D eigenvalue weighted by Gasteiger charge is 2.11. The summed E-state index contributed by atoms with van der Waals surface area (Å²) in [5.74, 6) is -1.21. The Bertz CT molecular complexity index is 804. The predicted molar refractivity (Wildman–Crippen MR) is 81.0 cm³/mol. The highest BCUT2D eigenvalue weighted by atomic mass is 32.2. The summed E-state index contributed by atoms with van der Waals surface area (Å²) in [7, 11) is -3.79. The van der Waals surface area contributed by atoms with E-state index in [2.05, 4.69) is 10.3 Å². The summed E-state index contributed by atoms with van der Waals surface area (Å²) < 4.78 is 27.1. The number of ether oxygens (including phenoxy) is 1. The standard InChI is InChI=1S/C14H13N3O5S/c15-23(20,21)12-3-1-11(2-4-12)17-13(18)9-22-14(19)10-5-7-16-8-6-10/h1-8H,9H2,(H,17,18)(H2,15,20,21). The Kier molecular flexibility index (Phi) is 5.04. The molecule has 0 aliphatic heterocycles. The van der Waals surface area contributed by atoms with Crippen molar-refractivity contribution < 1.29 is 22.7 Å². The number of nitrogens with one attached hydrogen (secondary N) is 1. The first-order valence-corrected chi connectivity index (χ1v) is 7.91. The first-order chi connectivity index (χ1) is 10.9. The Morgan fingerprint density at radius 1 is 1.09 bits per heavy atom. The fourth-order valence-electron chi connectivity index (χ4n) is 1.63. The molecule has 2 aromatic rings. The van der Waals surface area contributed by atoms with Gasteiger partial charge < -0.3 is 10.1 Å². The van der Waals surface area contributed by atoms with E-state index >= 15 is 0 Å². The van der Waals surface area contributed by atoms with Gasteiger partial charge in [-0.15, -0.1) is 0 Å². The van der Waals surface area contributed by atoms with Gasteiger partial charge in [-0.2, -0.15) is 0 Å². The van der Waals surface area contributed by atoms with Gasteiger partial charge in [0.05, 0.1) is 10.5 Å². The largest absolute Gasteiger partial charge is 0.452 e. The Labute approximate surface area is 132 Å². The molecule has 1 aromatic heterocycles. The number of aromatic nitrogens is 1. The number of carbonyl (C=O) groups is 2. The van der Waals surface area contributed by atoms with E-state index in [0.717, 1.165) is 0 Å². The number of nitrogens with zero attached hydrogens (tertiary/aromatic N) is 1. The lowest BCUT2D eigenvalue weighted by Gasteiger charge is -2.07. The minimum atomic E-state index is -3.79. The van der Waals surface area contributed by atoms with E-state index in [0.29, 0.717) is 5.69 Å². The van der Waals surface area contributed by atoms with Crippen LogP contribution in [0.4, 0.5) is 5.69 Å². The third-order valence-electron chi connectivity index (χ3n) is 2.72. The van der Waals surface area contributed by atoms with Crippen molar-refractivity contribution in [3.63, 3.8) is 0 Å². The van der Waals surface area contributed by atoms with Crippen LogP contribution >= 0.6 is 0 Å². The zero-order chi connectivity index (χ0) is 16.9. The van der Waals surface area contributed by atoms with Crippen LogP contribution in [-0.2, 0) is 19.6 Å². The van der Waals surface area contributed by atoms with Crippen molar-refractivity contribution in [2.24, 2.45) is 5.14 Å². The lowest BCUT2D eigenvalue weighted by Crippen LogP contribution is -2.21. The van der Waals surface area contributed by atoms with E-state index in [1.54, 1.807) is 0 Å². The molecule has 0 radical (unpaired) electrons. The lowest BCUT2D eigenvalue weighted by molar-refractivity contribution is -0.119. The van der Waals surface area contributed by atoms with Crippen molar-refractivity contribution >= 4 is 27.6 Å². The van der Waals surface area contributed by atoms with Gasteiger partial charge in [0.25, 0.3) is 5.91 Å². The van der Waals surface area contributed by atoms with Gasteiger partial charge in [-0.05, 0) is 36.4 Å². The molecular formula is C14H13N3O5S. The topological polar surface area (TPSA) is 128 Å². The highest BCUT2D eigenvalue weighted by molar-refractivity contribution is 7.89. The van der Waals surface area contributed by atoms with E-state index < -0.39 is 28.5 Å². The van der Waals surface area contributed by atoms with Crippen LogP contribution in [0, 0.1) is 0 Å². The number of carbonyl (C=O) groups excluding carboxylic acids is 2. The molecule has 0 saturated heterocycles. The molecule has 1 aromatic carbocycles. The molecule has 9 heteroatoms. The normalized spacial score (nSPS) is 10.8. The van der Waals surface area contributed by atoms with Crippen molar-refractivity contribution in [3.8, 4) is 0 Å². The molecule has 120 valence electrons. The fraction of sp³-hybridized carbons (Fsp3) is 0.0714. The van der Waals surface area contributed by atoms with Gasteiger partial charge >= 0.3 is 5.97 Å². The van der Waals surface area contributed by atoms with Crippen molar-refractivity contribution in [3.05, 3.63) is 54.4 Å². The second-order valence-electron chi connectivity index (χ2n) is 4.43. The molecule has 0 aliphatic rings. The van der Waals surface area contributed by atoms with Crippen LogP contribution < -0.4 is 10.5 Å². The quantitative estimate of drug-likeness (QED) is 0.767. The zero-order valence-corrected chi connectivity index (χ0v) is 12.6. The molecule has 3 N–H and O–H groups in total. The zero-order valence-electron chi connectivity index (χ0n) is 11.8. The molecular weight excluding hydrogens is 322 g/mol. The number of primary sulfonamides is 1. The molecule has 2 rings (SSSR count). The maximum Gasteiger partial charge on any atom is 0.338 e. The molecule has 0 fully saturated rings. The van der Waals surface area contributed by atoms with Gasteiger partial charge in [-0.3, -0.25) is 9.78 Å². The van der Waals surface area contributed by atoms with Crippen LogP contribution in [-0.4, -0.2) is 31.9 Å². The van der Waals surface area contributed by atoms with Crippen LogP contribution in [0.5, 0.6) is 0 Å². The van der Waals surface area contributed by atoms with Crippen LogP contribution in [0.1, 0.15) is 10.4 Å². The number of hydrogen-bond acceptors (Lipinski definition) is 6. The molecule has 0 aliphatic carbocycles. The van der Waals surface area contributed by atoms with Gasteiger partial charge in [0.15, 0.2) is 6.61 Å². The van der Waals surface area contributed by atoms with E-state index in [-0.39, 0.29) is 10.5 Å². The molecule has 1 heterocycles. The van der Waals surface area contributed by atoms with Crippen molar-refractivity contribution in [2.75, 3.05) is 11.9 Å². The average Bonchev–Trinajstić information content (AvgIpc) is 2.53. The SMILES string of the molecule is NS(=O)(=O)c1ccc(NC(=O)COC(=O)c2ccncc2)cc1. The van der Waals surface area contributed by atoms with Crippen molar-refractivity contribution in [1.29, 1.82) is 0 Å². The Morgan fingerprint density at radius 2 is 1.70 bits per heavy atom. The van der Waals surface area contributed by atoms with E-state index in [1.807, 2.05) is 0 Å². The minimum absolute atomic E-state index is 0.0698. The Morgan fingerprint density at radius 3 is 2.26 bits per heavy atom. The third-order valence-corrected chi connectivity index (χ3v) is 3.65. The number of rotatable bonds is 5. The molecule has 23 heavy (non-hydrogen) atoms. The summed E-state index contributed by atoms with van der Waals surface area (Å²) in [5.41, 5.74) is 0.632. The predicted octanol–water partition coefficient (Wildman–Crippen LogP) is 0.524. The second-order valence-corrected chi connectivity index (χ2v) is 5.99. The molecule has 0 saturated carbocycles. The first kappa shape index (κ1) is 16.6. The maximum absolute atomic E-state index is 11.7. The van der Waals surface area contributed by atoms with E-state index in [1.165, 1.54) is 48.8 Å². The summed E-state index contributed by atoms with van der Waals surface area (Å²) in [4.78, 5) is 27.0. The van der Waals surface area contributed by atoms with Crippen LogP contribution in [0.2, 0.25) is 0 Å². The number of pyridine rings is 1. The molecule has 0 unspecified atom stereocenters. The summed E-state index contributed by atoms with van der Waals surface area (Å²) in [6, 6.07) is 8.20. The first-order valence-electron chi connectivity index (χ1n) is 6.36. The maximum atomic E-state index is 11.7. The summed E-state index contributed by atoms with van der Waals surface area (Å²) in [6.07, 6.45) is 2.87. The summed E-state index contributed by atoms with van der Waals surface area (Å²) in [6.45, 7) is -0.474. The molecule has 1 amide bonds. The molecule has 0 atom stereocenters. The highest BCUT2D eigenvalue weighted by Crippen LogP contribution is 2.12. The van der Waals surface area contributed by atoms with Gasteiger partial charge in [-0.25, -0.2) is 18.4 Å². The molecule has 8 nitrogen and oxygen atoms in total. The van der Waals surface area contributed by atoms with E-state index in [9.17, 15) is 18.0 Å². The number of hydrogen-bond donors (Lipinski definition) is 2. The smallest absolute Gasteiger partial charge is 0.338 e. The van der Waals surface area contributed by atoms with Crippen LogP contribution in [0.15, 0.2) is 53.7 Å².